The van der Waals surface area contributed by atoms with Crippen LogP contribution in [0.5, 0.6) is 0 Å². The number of quaternary nitrogens is 1. The molecule has 0 saturated heterocycles. The molecule has 1 atom stereocenters. The lowest BCUT2D eigenvalue weighted by atomic mass is 10.2. The van der Waals surface area contributed by atoms with Crippen LogP contribution in [0.3, 0.4) is 0 Å². The zero-order chi connectivity index (χ0) is 16.4. The molecule has 1 N–H and O–H groups in total. The second-order valence-electron chi connectivity index (χ2n) is 5.15. The number of rotatable bonds is 5. The van der Waals surface area contributed by atoms with Crippen molar-refractivity contribution >= 4 is 34.5 Å². The smallest absolute Gasteiger partial charge is 0.387 e. The van der Waals surface area contributed by atoms with Crippen molar-refractivity contribution in [2.45, 2.75) is 13.2 Å². The predicted molar refractivity (Wildman–Crippen MR) is 91.1 cm³/mol. The topological polar surface area (TPSA) is 52.5 Å². The van der Waals surface area contributed by atoms with Gasteiger partial charge in [-0.2, -0.15) is 0 Å². The van der Waals surface area contributed by atoms with E-state index in [9.17, 15) is 4.79 Å². The summed E-state index contributed by atoms with van der Waals surface area (Å²) in [7, 11) is 1.95. The molecule has 5 nitrogen and oxygen atoms in total. The van der Waals surface area contributed by atoms with E-state index in [1.807, 2.05) is 36.7 Å². The lowest BCUT2D eigenvalue weighted by Gasteiger charge is -2.14. The van der Waals surface area contributed by atoms with Crippen LogP contribution in [0.4, 0.5) is 0 Å². The van der Waals surface area contributed by atoms with Gasteiger partial charge in [-0.05, 0) is 17.5 Å². The van der Waals surface area contributed by atoms with E-state index in [2.05, 4.69) is 5.10 Å². The molecule has 0 radical (unpaired) electrons. The van der Waals surface area contributed by atoms with Crippen molar-refractivity contribution in [1.82, 2.24) is 9.78 Å². The second kappa shape index (κ2) is 6.88. The van der Waals surface area contributed by atoms with Crippen LogP contribution < -0.4 is 10.7 Å². The molecule has 0 fully saturated rings. The van der Waals surface area contributed by atoms with Crippen LogP contribution in [0, 0.1) is 0 Å². The van der Waals surface area contributed by atoms with Crippen LogP contribution in [-0.2, 0) is 13.2 Å². The molecule has 0 aliphatic carbocycles. The number of aromatic nitrogens is 2. The molecule has 23 heavy (non-hydrogen) atoms. The Morgan fingerprint density at radius 3 is 2.87 bits per heavy atom. The third-order valence-corrected chi connectivity index (χ3v) is 5.00. The fourth-order valence-corrected chi connectivity index (χ4v) is 3.26. The Morgan fingerprint density at radius 2 is 2.13 bits per heavy atom. The minimum Gasteiger partial charge on any atom is -0.387 e. The third kappa shape index (κ3) is 3.67. The van der Waals surface area contributed by atoms with Crippen molar-refractivity contribution in [2.24, 2.45) is 0 Å². The Hall–Kier alpha value is -1.60. The van der Waals surface area contributed by atoms with E-state index in [1.165, 1.54) is 16.0 Å². The molecule has 0 amide bonds. The molecule has 3 rings (SSSR count). The molecular weight excluding hydrogens is 357 g/mol. The first-order valence-electron chi connectivity index (χ1n) is 6.90. The highest BCUT2D eigenvalue weighted by Crippen LogP contribution is 2.24. The summed E-state index contributed by atoms with van der Waals surface area (Å²) in [5, 5.41) is 7.22. The van der Waals surface area contributed by atoms with Crippen LogP contribution >= 0.6 is 34.5 Å². The van der Waals surface area contributed by atoms with Gasteiger partial charge in [0.2, 0.25) is 0 Å². The molecular formula is C15H14Cl2N3O2S+. The Bertz CT molecular complexity index is 858. The summed E-state index contributed by atoms with van der Waals surface area (Å²) in [6.07, 6.45) is 0. The molecule has 2 aromatic heterocycles. The Morgan fingerprint density at radius 1 is 1.30 bits per heavy atom. The summed E-state index contributed by atoms with van der Waals surface area (Å²) in [5.74, 6) is -0.122. The monoisotopic (exact) mass is 370 g/mol. The second-order valence-corrected chi connectivity index (χ2v) is 6.89. The van der Waals surface area contributed by atoms with Gasteiger partial charge >= 0.3 is 5.76 Å². The molecule has 120 valence electrons. The summed E-state index contributed by atoms with van der Waals surface area (Å²) in [5.41, 5.74) is 0.923. The molecule has 0 spiro atoms. The van der Waals surface area contributed by atoms with Crippen molar-refractivity contribution in [3.8, 4) is 10.8 Å². The van der Waals surface area contributed by atoms with E-state index < -0.39 is 5.76 Å². The van der Waals surface area contributed by atoms with Gasteiger partial charge in [0, 0.05) is 5.56 Å². The Balaban J connectivity index is 1.74. The third-order valence-electron chi connectivity index (χ3n) is 3.28. The molecule has 1 aromatic carbocycles. The summed E-state index contributed by atoms with van der Waals surface area (Å²) >= 11 is 13.7. The van der Waals surface area contributed by atoms with E-state index in [-0.39, 0.29) is 0 Å². The first-order chi connectivity index (χ1) is 11.0. The first-order valence-corrected chi connectivity index (χ1v) is 8.54. The lowest BCUT2D eigenvalue weighted by Crippen LogP contribution is -3.07. The average Bonchev–Trinajstić information content (AvgIpc) is 3.14. The van der Waals surface area contributed by atoms with E-state index in [0.29, 0.717) is 29.1 Å². The van der Waals surface area contributed by atoms with Gasteiger partial charge in [0.05, 0.1) is 22.0 Å². The predicted octanol–water partition coefficient (Wildman–Crippen LogP) is 2.54. The molecule has 0 aliphatic heterocycles. The number of hydrogen-bond acceptors (Lipinski definition) is 4. The van der Waals surface area contributed by atoms with E-state index in [0.717, 1.165) is 15.3 Å². The number of halogens is 2. The molecule has 1 unspecified atom stereocenters. The van der Waals surface area contributed by atoms with Crippen LogP contribution in [-0.4, -0.2) is 16.8 Å². The Kier molecular flexibility index (Phi) is 4.87. The summed E-state index contributed by atoms with van der Waals surface area (Å²) in [4.78, 5) is 13.8. The number of benzene rings is 1. The zero-order valence-electron chi connectivity index (χ0n) is 12.3. The van der Waals surface area contributed by atoms with Crippen molar-refractivity contribution < 1.29 is 9.32 Å². The van der Waals surface area contributed by atoms with Crippen LogP contribution in [0.15, 0.2) is 44.9 Å². The largest absolute Gasteiger partial charge is 0.442 e. The maximum absolute atomic E-state index is 11.9. The normalized spacial score (nSPS) is 12.5. The fourth-order valence-electron chi connectivity index (χ4n) is 2.23. The minimum absolute atomic E-state index is 0.346. The van der Waals surface area contributed by atoms with Gasteiger partial charge in [-0.3, -0.25) is 0 Å². The van der Waals surface area contributed by atoms with Crippen molar-refractivity contribution in [2.75, 3.05) is 7.05 Å². The SMILES string of the molecule is C[NH+](Cc1cccc(Cl)c1Cl)Cn1nc(-c2cccs2)oc1=O. The molecule has 3 aromatic rings. The number of thiophene rings is 1. The number of nitrogens with zero attached hydrogens (tertiary/aromatic N) is 2. The van der Waals surface area contributed by atoms with E-state index >= 15 is 0 Å². The highest BCUT2D eigenvalue weighted by molar-refractivity contribution is 7.13. The van der Waals surface area contributed by atoms with Gasteiger partial charge < -0.3 is 9.32 Å². The molecule has 8 heteroatoms. The van der Waals surface area contributed by atoms with E-state index in [1.54, 1.807) is 6.07 Å². The first kappa shape index (κ1) is 16.3. The number of nitrogens with one attached hydrogen (secondary N) is 1. The molecule has 0 saturated carbocycles. The van der Waals surface area contributed by atoms with Gasteiger partial charge in [-0.1, -0.05) is 41.4 Å². The van der Waals surface area contributed by atoms with Crippen molar-refractivity contribution in [3.63, 3.8) is 0 Å². The zero-order valence-corrected chi connectivity index (χ0v) is 14.6. The molecule has 2 heterocycles. The quantitative estimate of drug-likeness (QED) is 0.750. The maximum atomic E-state index is 11.9. The van der Waals surface area contributed by atoms with Crippen LogP contribution in [0.1, 0.15) is 5.56 Å². The maximum Gasteiger partial charge on any atom is 0.442 e. The van der Waals surface area contributed by atoms with Gasteiger partial charge in [-0.15, -0.1) is 21.1 Å². The van der Waals surface area contributed by atoms with Gasteiger partial charge in [0.25, 0.3) is 5.89 Å². The minimum atomic E-state index is -0.468. The average molecular weight is 371 g/mol. The summed E-state index contributed by atoms with van der Waals surface area (Å²) in [6, 6.07) is 9.27. The van der Waals surface area contributed by atoms with Gasteiger partial charge in [0.1, 0.15) is 6.54 Å². The highest BCUT2D eigenvalue weighted by atomic mass is 35.5. The Labute approximate surface area is 146 Å². The standard InChI is InChI=1S/C15H13Cl2N3O2S/c1-19(8-10-4-2-5-11(16)13(10)17)9-20-15(21)22-14(18-20)12-6-3-7-23-12/h2-7H,8-9H2,1H3/p+1. The molecule has 0 bridgehead atoms. The molecule has 0 aliphatic rings. The fraction of sp³-hybridized carbons (Fsp3) is 0.200. The lowest BCUT2D eigenvalue weighted by molar-refractivity contribution is -0.917. The van der Waals surface area contributed by atoms with Crippen LogP contribution in [0.25, 0.3) is 10.8 Å². The summed E-state index contributed by atoms with van der Waals surface area (Å²) in [6.45, 7) is 0.990. The van der Waals surface area contributed by atoms with E-state index in [4.69, 9.17) is 27.6 Å². The van der Waals surface area contributed by atoms with Crippen molar-refractivity contribution in [1.29, 1.82) is 0 Å². The van der Waals surface area contributed by atoms with Gasteiger partial charge in [-0.25, -0.2) is 4.79 Å². The highest BCUT2D eigenvalue weighted by Gasteiger charge is 2.15. The van der Waals surface area contributed by atoms with Crippen molar-refractivity contribution in [3.05, 3.63) is 61.9 Å². The van der Waals surface area contributed by atoms with Gasteiger partial charge in [0.15, 0.2) is 6.67 Å². The van der Waals surface area contributed by atoms with Crippen LogP contribution in [0.2, 0.25) is 10.0 Å². The summed E-state index contributed by atoms with van der Waals surface area (Å²) < 4.78 is 6.52. The number of hydrogen-bond donors (Lipinski definition) is 1.